The predicted octanol–water partition coefficient (Wildman–Crippen LogP) is 2.94. The Balaban J connectivity index is 1.74. The number of nitrogens with zero attached hydrogens (tertiary/aromatic N) is 2. The lowest BCUT2D eigenvalue weighted by atomic mass is 10.0. The molecule has 2 heterocycles. The van der Waals surface area contributed by atoms with E-state index in [2.05, 4.69) is 22.5 Å². The lowest BCUT2D eigenvalue weighted by Gasteiger charge is -2.34. The SMILES string of the molecule is CCCN(C(=O)c1cccc(NC(=O)c2cccnc2)c1)C1CCNCC1. The van der Waals surface area contributed by atoms with Gasteiger partial charge in [-0.1, -0.05) is 13.0 Å². The molecule has 27 heavy (non-hydrogen) atoms. The summed E-state index contributed by atoms with van der Waals surface area (Å²) in [7, 11) is 0. The van der Waals surface area contributed by atoms with Crippen molar-refractivity contribution in [3.8, 4) is 0 Å². The number of rotatable bonds is 6. The normalized spacial score (nSPS) is 14.6. The van der Waals surface area contributed by atoms with Crippen LogP contribution in [0.2, 0.25) is 0 Å². The molecule has 2 N–H and O–H groups in total. The molecule has 1 aliphatic heterocycles. The maximum atomic E-state index is 13.1. The Labute approximate surface area is 160 Å². The van der Waals surface area contributed by atoms with E-state index in [1.807, 2.05) is 11.0 Å². The number of hydrogen-bond donors (Lipinski definition) is 2. The maximum absolute atomic E-state index is 13.1. The Morgan fingerprint density at radius 1 is 1.19 bits per heavy atom. The lowest BCUT2D eigenvalue weighted by molar-refractivity contribution is 0.0642. The average molecular weight is 366 g/mol. The molecular formula is C21H26N4O2. The van der Waals surface area contributed by atoms with Crippen molar-refractivity contribution in [2.75, 3.05) is 25.0 Å². The standard InChI is InChI=1S/C21H26N4O2/c1-2-13-25(19-8-11-22-12-9-19)21(27)16-5-3-7-18(14-16)24-20(26)17-6-4-10-23-15-17/h3-7,10,14-15,19,22H,2,8-9,11-13H2,1H3,(H,24,26). The second-order valence-corrected chi connectivity index (χ2v) is 6.76. The van der Waals surface area contributed by atoms with Crippen LogP contribution in [0.1, 0.15) is 46.9 Å². The second kappa shape index (κ2) is 9.28. The average Bonchev–Trinajstić information content (AvgIpc) is 2.73. The maximum Gasteiger partial charge on any atom is 0.257 e. The first-order valence-corrected chi connectivity index (χ1v) is 9.52. The van der Waals surface area contributed by atoms with Crippen molar-refractivity contribution in [3.63, 3.8) is 0 Å². The number of hydrogen-bond acceptors (Lipinski definition) is 4. The van der Waals surface area contributed by atoms with Gasteiger partial charge in [0.1, 0.15) is 0 Å². The van der Waals surface area contributed by atoms with Gasteiger partial charge in [-0.25, -0.2) is 0 Å². The summed E-state index contributed by atoms with van der Waals surface area (Å²) in [5.41, 5.74) is 1.69. The highest BCUT2D eigenvalue weighted by Gasteiger charge is 2.25. The van der Waals surface area contributed by atoms with E-state index in [-0.39, 0.29) is 17.9 Å². The van der Waals surface area contributed by atoms with Crippen LogP contribution in [-0.4, -0.2) is 47.4 Å². The van der Waals surface area contributed by atoms with Crippen LogP contribution < -0.4 is 10.6 Å². The molecule has 0 atom stereocenters. The molecular weight excluding hydrogens is 340 g/mol. The van der Waals surface area contributed by atoms with Gasteiger partial charge < -0.3 is 15.5 Å². The van der Waals surface area contributed by atoms with E-state index in [0.29, 0.717) is 16.8 Å². The number of pyridine rings is 1. The van der Waals surface area contributed by atoms with Gasteiger partial charge in [0, 0.05) is 36.2 Å². The first-order valence-electron chi connectivity index (χ1n) is 9.52. The zero-order valence-corrected chi connectivity index (χ0v) is 15.6. The number of piperidine rings is 1. The molecule has 142 valence electrons. The van der Waals surface area contributed by atoms with Gasteiger partial charge in [-0.15, -0.1) is 0 Å². The molecule has 6 nitrogen and oxygen atoms in total. The van der Waals surface area contributed by atoms with Crippen molar-refractivity contribution in [3.05, 3.63) is 59.9 Å². The highest BCUT2D eigenvalue weighted by Crippen LogP contribution is 2.19. The number of nitrogens with one attached hydrogen (secondary N) is 2. The summed E-state index contributed by atoms with van der Waals surface area (Å²) >= 11 is 0. The monoisotopic (exact) mass is 366 g/mol. The van der Waals surface area contributed by atoms with Gasteiger partial charge in [0.25, 0.3) is 11.8 Å². The molecule has 6 heteroatoms. The Morgan fingerprint density at radius 2 is 1.96 bits per heavy atom. The van der Waals surface area contributed by atoms with Crippen molar-refractivity contribution >= 4 is 17.5 Å². The lowest BCUT2D eigenvalue weighted by Crippen LogP contribution is -2.46. The van der Waals surface area contributed by atoms with Gasteiger partial charge in [0.2, 0.25) is 0 Å². The fourth-order valence-corrected chi connectivity index (χ4v) is 3.41. The number of amides is 2. The summed E-state index contributed by atoms with van der Waals surface area (Å²) in [4.78, 5) is 31.4. The summed E-state index contributed by atoms with van der Waals surface area (Å²) in [5, 5.41) is 6.19. The number of carbonyl (C=O) groups excluding carboxylic acids is 2. The molecule has 1 fully saturated rings. The molecule has 0 unspecified atom stereocenters. The minimum atomic E-state index is -0.239. The van der Waals surface area contributed by atoms with Gasteiger partial charge in [0.15, 0.2) is 0 Å². The molecule has 0 radical (unpaired) electrons. The van der Waals surface area contributed by atoms with Crippen molar-refractivity contribution < 1.29 is 9.59 Å². The van der Waals surface area contributed by atoms with Gasteiger partial charge >= 0.3 is 0 Å². The van der Waals surface area contributed by atoms with Crippen LogP contribution in [-0.2, 0) is 0 Å². The van der Waals surface area contributed by atoms with Crippen LogP contribution in [0.4, 0.5) is 5.69 Å². The van der Waals surface area contributed by atoms with E-state index in [0.717, 1.165) is 38.9 Å². The third kappa shape index (κ3) is 4.92. The zero-order chi connectivity index (χ0) is 19.1. The fraction of sp³-hybridized carbons (Fsp3) is 0.381. The van der Waals surface area contributed by atoms with Crippen LogP contribution in [0.3, 0.4) is 0 Å². The Bertz CT molecular complexity index is 773. The van der Waals surface area contributed by atoms with Crippen LogP contribution in [0.25, 0.3) is 0 Å². The zero-order valence-electron chi connectivity index (χ0n) is 15.6. The molecule has 2 aromatic rings. The van der Waals surface area contributed by atoms with Crippen molar-refractivity contribution in [1.82, 2.24) is 15.2 Å². The Hall–Kier alpha value is -2.73. The van der Waals surface area contributed by atoms with Crippen LogP contribution >= 0.6 is 0 Å². The smallest absolute Gasteiger partial charge is 0.257 e. The molecule has 1 saturated heterocycles. The summed E-state index contributed by atoms with van der Waals surface area (Å²) < 4.78 is 0. The van der Waals surface area contributed by atoms with Crippen LogP contribution in [0, 0.1) is 0 Å². The highest BCUT2D eigenvalue weighted by atomic mass is 16.2. The van der Waals surface area contributed by atoms with Crippen molar-refractivity contribution in [2.45, 2.75) is 32.2 Å². The van der Waals surface area contributed by atoms with E-state index >= 15 is 0 Å². The molecule has 1 aromatic heterocycles. The van der Waals surface area contributed by atoms with Gasteiger partial charge in [-0.2, -0.15) is 0 Å². The van der Waals surface area contributed by atoms with E-state index in [1.54, 1.807) is 36.5 Å². The third-order valence-corrected chi connectivity index (χ3v) is 4.77. The number of aromatic nitrogens is 1. The molecule has 2 amide bonds. The largest absolute Gasteiger partial charge is 0.336 e. The summed E-state index contributed by atoms with van der Waals surface area (Å²) in [6, 6.07) is 10.9. The predicted molar refractivity (Wildman–Crippen MR) is 106 cm³/mol. The quantitative estimate of drug-likeness (QED) is 0.824. The molecule has 0 spiro atoms. The van der Waals surface area contributed by atoms with Gasteiger partial charge in [-0.3, -0.25) is 14.6 Å². The van der Waals surface area contributed by atoms with Gasteiger partial charge in [0.05, 0.1) is 5.56 Å². The van der Waals surface area contributed by atoms with E-state index in [1.165, 1.54) is 6.20 Å². The first kappa shape index (κ1) is 19.0. The topological polar surface area (TPSA) is 74.3 Å². The molecule has 0 aliphatic carbocycles. The molecule has 3 rings (SSSR count). The number of carbonyl (C=O) groups is 2. The molecule has 0 bridgehead atoms. The highest BCUT2D eigenvalue weighted by molar-refractivity contribution is 6.05. The number of anilines is 1. The minimum Gasteiger partial charge on any atom is -0.336 e. The number of benzene rings is 1. The van der Waals surface area contributed by atoms with Crippen molar-refractivity contribution in [1.29, 1.82) is 0 Å². The van der Waals surface area contributed by atoms with Gasteiger partial charge in [-0.05, 0) is 62.7 Å². The summed E-state index contributed by atoms with van der Waals surface area (Å²) in [5.74, 6) is -0.210. The second-order valence-electron chi connectivity index (χ2n) is 6.76. The molecule has 0 saturated carbocycles. The van der Waals surface area contributed by atoms with E-state index in [4.69, 9.17) is 0 Å². The van der Waals surface area contributed by atoms with Crippen molar-refractivity contribution in [2.24, 2.45) is 0 Å². The minimum absolute atomic E-state index is 0.0289. The first-order chi connectivity index (χ1) is 13.2. The molecule has 1 aliphatic rings. The van der Waals surface area contributed by atoms with E-state index < -0.39 is 0 Å². The summed E-state index contributed by atoms with van der Waals surface area (Å²) in [6.45, 7) is 4.72. The fourth-order valence-electron chi connectivity index (χ4n) is 3.41. The van der Waals surface area contributed by atoms with Crippen LogP contribution in [0.15, 0.2) is 48.8 Å². The molecule has 1 aromatic carbocycles. The summed E-state index contributed by atoms with van der Waals surface area (Å²) in [6.07, 6.45) is 6.02. The van der Waals surface area contributed by atoms with E-state index in [9.17, 15) is 9.59 Å². The van der Waals surface area contributed by atoms with Crippen LogP contribution in [0.5, 0.6) is 0 Å². The Kier molecular flexibility index (Phi) is 6.54. The Morgan fingerprint density at radius 3 is 2.67 bits per heavy atom. The third-order valence-electron chi connectivity index (χ3n) is 4.77.